The minimum atomic E-state index is 0.198. The van der Waals surface area contributed by atoms with Crippen molar-refractivity contribution in [3.63, 3.8) is 0 Å². The highest BCUT2D eigenvalue weighted by Gasteiger charge is 2.05. The molecule has 0 aliphatic heterocycles. The van der Waals surface area contributed by atoms with Gasteiger partial charge in [-0.3, -0.25) is 11.3 Å². The summed E-state index contributed by atoms with van der Waals surface area (Å²) in [4.78, 5) is 0. The van der Waals surface area contributed by atoms with E-state index in [0.717, 1.165) is 17.0 Å². The summed E-state index contributed by atoms with van der Waals surface area (Å²) in [5.41, 5.74) is 3.87. The van der Waals surface area contributed by atoms with E-state index in [1.807, 2.05) is 24.3 Å². The second kappa shape index (κ2) is 4.45. The standard InChI is InChI=1S/C9H13ClN2/c1-2-9(12-11)7-4-3-5-8(10)6-7/h3-6,9,12H,2,11H2,1H3. The van der Waals surface area contributed by atoms with Crippen molar-refractivity contribution in [3.8, 4) is 0 Å². The molecule has 1 aromatic carbocycles. The molecule has 0 aromatic heterocycles. The fourth-order valence-corrected chi connectivity index (χ4v) is 1.37. The summed E-state index contributed by atoms with van der Waals surface area (Å²) >= 11 is 5.83. The van der Waals surface area contributed by atoms with Crippen LogP contribution in [0.1, 0.15) is 24.9 Å². The summed E-state index contributed by atoms with van der Waals surface area (Å²) in [7, 11) is 0. The van der Waals surface area contributed by atoms with Crippen molar-refractivity contribution in [1.29, 1.82) is 0 Å². The quantitative estimate of drug-likeness (QED) is 0.559. The smallest absolute Gasteiger partial charge is 0.0457 e. The minimum Gasteiger partial charge on any atom is -0.271 e. The van der Waals surface area contributed by atoms with E-state index in [4.69, 9.17) is 17.4 Å². The van der Waals surface area contributed by atoms with Gasteiger partial charge in [-0.05, 0) is 24.1 Å². The molecule has 0 saturated heterocycles. The first-order chi connectivity index (χ1) is 5.77. The number of halogens is 1. The van der Waals surface area contributed by atoms with Crippen LogP contribution < -0.4 is 11.3 Å². The molecule has 0 aliphatic carbocycles. The zero-order chi connectivity index (χ0) is 8.97. The van der Waals surface area contributed by atoms with Crippen molar-refractivity contribution in [2.75, 3.05) is 0 Å². The Kier molecular flexibility index (Phi) is 3.53. The summed E-state index contributed by atoms with van der Waals surface area (Å²) < 4.78 is 0. The van der Waals surface area contributed by atoms with Gasteiger partial charge in [-0.25, -0.2) is 0 Å². The fraction of sp³-hybridized carbons (Fsp3) is 0.333. The Morgan fingerprint density at radius 1 is 1.58 bits per heavy atom. The average Bonchev–Trinajstić information content (AvgIpc) is 2.07. The van der Waals surface area contributed by atoms with Crippen molar-refractivity contribution >= 4 is 11.6 Å². The summed E-state index contributed by atoms with van der Waals surface area (Å²) in [6.45, 7) is 2.07. The molecule has 1 rings (SSSR count). The molecule has 0 amide bonds. The van der Waals surface area contributed by atoms with Gasteiger partial charge in [0, 0.05) is 11.1 Å². The van der Waals surface area contributed by atoms with Gasteiger partial charge in [0.05, 0.1) is 0 Å². The summed E-state index contributed by atoms with van der Waals surface area (Å²) in [6, 6.07) is 7.92. The van der Waals surface area contributed by atoms with Gasteiger partial charge < -0.3 is 0 Å². The second-order valence-electron chi connectivity index (χ2n) is 2.68. The number of nitrogens with one attached hydrogen (secondary N) is 1. The Morgan fingerprint density at radius 2 is 2.33 bits per heavy atom. The van der Waals surface area contributed by atoms with E-state index in [-0.39, 0.29) is 6.04 Å². The zero-order valence-electron chi connectivity index (χ0n) is 7.05. The van der Waals surface area contributed by atoms with Crippen molar-refractivity contribution in [2.45, 2.75) is 19.4 Å². The molecule has 0 spiro atoms. The van der Waals surface area contributed by atoms with Crippen LogP contribution in [-0.4, -0.2) is 0 Å². The Balaban J connectivity index is 2.85. The Labute approximate surface area is 77.7 Å². The number of nitrogens with two attached hydrogens (primary N) is 1. The summed E-state index contributed by atoms with van der Waals surface area (Å²) in [5.74, 6) is 5.37. The lowest BCUT2D eigenvalue weighted by Gasteiger charge is -2.13. The van der Waals surface area contributed by atoms with E-state index >= 15 is 0 Å². The first-order valence-corrected chi connectivity index (χ1v) is 4.37. The normalized spacial score (nSPS) is 12.9. The van der Waals surface area contributed by atoms with E-state index in [0.29, 0.717) is 0 Å². The molecular formula is C9H13ClN2. The maximum Gasteiger partial charge on any atom is 0.0457 e. The maximum atomic E-state index is 5.83. The number of hydrogen-bond acceptors (Lipinski definition) is 2. The van der Waals surface area contributed by atoms with Crippen LogP contribution in [0.15, 0.2) is 24.3 Å². The first-order valence-electron chi connectivity index (χ1n) is 3.99. The van der Waals surface area contributed by atoms with Gasteiger partial charge in [0.25, 0.3) is 0 Å². The SMILES string of the molecule is CCC(NN)c1cccc(Cl)c1. The van der Waals surface area contributed by atoms with E-state index in [2.05, 4.69) is 12.3 Å². The third-order valence-electron chi connectivity index (χ3n) is 1.86. The average molecular weight is 185 g/mol. The molecule has 3 N–H and O–H groups in total. The van der Waals surface area contributed by atoms with Gasteiger partial charge in [-0.2, -0.15) is 0 Å². The van der Waals surface area contributed by atoms with Crippen LogP contribution >= 0.6 is 11.6 Å². The van der Waals surface area contributed by atoms with Crippen LogP contribution in [0.25, 0.3) is 0 Å². The molecule has 0 radical (unpaired) electrons. The van der Waals surface area contributed by atoms with E-state index in [1.165, 1.54) is 0 Å². The van der Waals surface area contributed by atoms with E-state index in [9.17, 15) is 0 Å². The first kappa shape index (κ1) is 9.52. The molecule has 3 heteroatoms. The van der Waals surface area contributed by atoms with Crippen LogP contribution in [0.2, 0.25) is 5.02 Å². The van der Waals surface area contributed by atoms with Crippen molar-refractivity contribution in [3.05, 3.63) is 34.9 Å². The van der Waals surface area contributed by atoms with Crippen LogP contribution in [0.4, 0.5) is 0 Å². The monoisotopic (exact) mass is 184 g/mol. The Bertz CT molecular complexity index is 246. The Hall–Kier alpha value is -0.570. The number of hydrazine groups is 1. The summed E-state index contributed by atoms with van der Waals surface area (Å²) in [6.07, 6.45) is 0.955. The Morgan fingerprint density at radius 3 is 2.83 bits per heavy atom. The molecule has 1 atom stereocenters. The van der Waals surface area contributed by atoms with Gasteiger partial charge in [0.15, 0.2) is 0 Å². The molecule has 2 nitrogen and oxygen atoms in total. The van der Waals surface area contributed by atoms with E-state index < -0.39 is 0 Å². The molecule has 0 bridgehead atoms. The van der Waals surface area contributed by atoms with Gasteiger partial charge in [-0.15, -0.1) is 0 Å². The lowest BCUT2D eigenvalue weighted by Crippen LogP contribution is -2.27. The third kappa shape index (κ3) is 2.21. The van der Waals surface area contributed by atoms with Crippen molar-refractivity contribution in [2.24, 2.45) is 5.84 Å². The highest BCUT2D eigenvalue weighted by Crippen LogP contribution is 2.18. The number of hydrogen-bond donors (Lipinski definition) is 2. The van der Waals surface area contributed by atoms with Crippen LogP contribution in [0.3, 0.4) is 0 Å². The lowest BCUT2D eigenvalue weighted by atomic mass is 10.1. The lowest BCUT2D eigenvalue weighted by molar-refractivity contribution is 0.539. The van der Waals surface area contributed by atoms with Crippen LogP contribution in [0.5, 0.6) is 0 Å². The van der Waals surface area contributed by atoms with Gasteiger partial charge in [-0.1, -0.05) is 30.7 Å². The fourth-order valence-electron chi connectivity index (χ4n) is 1.17. The number of benzene rings is 1. The molecule has 0 saturated carbocycles. The highest BCUT2D eigenvalue weighted by atomic mass is 35.5. The van der Waals surface area contributed by atoms with Crippen LogP contribution in [0, 0.1) is 0 Å². The minimum absolute atomic E-state index is 0.198. The largest absolute Gasteiger partial charge is 0.271 e. The predicted octanol–water partition coefficient (Wildman–Crippen LogP) is 2.25. The van der Waals surface area contributed by atoms with Crippen LogP contribution in [-0.2, 0) is 0 Å². The zero-order valence-corrected chi connectivity index (χ0v) is 7.81. The predicted molar refractivity (Wildman–Crippen MR) is 51.8 cm³/mol. The molecule has 12 heavy (non-hydrogen) atoms. The molecule has 1 aromatic rings. The summed E-state index contributed by atoms with van der Waals surface area (Å²) in [5, 5.41) is 0.751. The molecular weight excluding hydrogens is 172 g/mol. The second-order valence-corrected chi connectivity index (χ2v) is 3.12. The van der Waals surface area contributed by atoms with Crippen molar-refractivity contribution in [1.82, 2.24) is 5.43 Å². The van der Waals surface area contributed by atoms with Crippen molar-refractivity contribution < 1.29 is 0 Å². The number of rotatable bonds is 3. The molecule has 0 heterocycles. The topological polar surface area (TPSA) is 38.0 Å². The maximum absolute atomic E-state index is 5.83. The molecule has 0 aliphatic rings. The highest BCUT2D eigenvalue weighted by molar-refractivity contribution is 6.30. The third-order valence-corrected chi connectivity index (χ3v) is 2.10. The van der Waals surface area contributed by atoms with Gasteiger partial charge >= 0.3 is 0 Å². The molecule has 0 fully saturated rings. The van der Waals surface area contributed by atoms with E-state index in [1.54, 1.807) is 0 Å². The molecule has 66 valence electrons. The molecule has 1 unspecified atom stereocenters. The van der Waals surface area contributed by atoms with Gasteiger partial charge in [0.2, 0.25) is 0 Å². The van der Waals surface area contributed by atoms with Gasteiger partial charge in [0.1, 0.15) is 0 Å².